The maximum absolute atomic E-state index is 5.78. The Morgan fingerprint density at radius 2 is 1.31 bits per heavy atom. The van der Waals surface area contributed by atoms with Gasteiger partial charge in [0.25, 0.3) is 0 Å². The SMILES string of the molecule is C=C(c1ccccc1)c1ccc(OCC(C)(C)C)cc1.COc1ccc(N)cc1. The molecule has 0 aromatic heterocycles. The van der Waals surface area contributed by atoms with Crippen molar-refractivity contribution in [2.24, 2.45) is 5.41 Å². The summed E-state index contributed by atoms with van der Waals surface area (Å²) in [5.41, 5.74) is 9.67. The van der Waals surface area contributed by atoms with Gasteiger partial charge >= 0.3 is 0 Å². The Bertz CT molecular complexity index is 877. The minimum absolute atomic E-state index is 0.173. The molecule has 0 fully saturated rings. The Kier molecular flexibility index (Phi) is 7.90. The molecular formula is C26H31NO2. The third-order valence-corrected chi connectivity index (χ3v) is 4.11. The third kappa shape index (κ3) is 7.74. The maximum Gasteiger partial charge on any atom is 0.119 e. The molecule has 0 aliphatic rings. The van der Waals surface area contributed by atoms with Crippen LogP contribution in [0.4, 0.5) is 5.69 Å². The second-order valence-electron chi connectivity index (χ2n) is 7.99. The number of anilines is 1. The first kappa shape index (κ1) is 22.1. The molecule has 3 rings (SSSR count). The van der Waals surface area contributed by atoms with E-state index in [0.29, 0.717) is 6.61 Å². The zero-order chi connectivity index (χ0) is 21.3. The van der Waals surface area contributed by atoms with Crippen molar-refractivity contribution in [1.29, 1.82) is 0 Å². The van der Waals surface area contributed by atoms with Gasteiger partial charge in [0.2, 0.25) is 0 Å². The van der Waals surface area contributed by atoms with Gasteiger partial charge < -0.3 is 15.2 Å². The van der Waals surface area contributed by atoms with Crippen LogP contribution >= 0.6 is 0 Å². The number of nitrogens with two attached hydrogens (primary N) is 1. The first-order valence-electron chi connectivity index (χ1n) is 9.65. The van der Waals surface area contributed by atoms with Gasteiger partial charge in [-0.05, 0) is 58.5 Å². The van der Waals surface area contributed by atoms with Crippen LogP contribution in [0.5, 0.6) is 11.5 Å². The van der Waals surface area contributed by atoms with Gasteiger partial charge in [0.05, 0.1) is 13.7 Å². The molecule has 0 radical (unpaired) electrons. The zero-order valence-electron chi connectivity index (χ0n) is 17.8. The summed E-state index contributed by atoms with van der Waals surface area (Å²) in [6, 6.07) is 25.6. The Hall–Kier alpha value is -3.20. The molecule has 152 valence electrons. The molecule has 0 bridgehead atoms. The summed E-state index contributed by atoms with van der Waals surface area (Å²) in [5, 5.41) is 0. The second kappa shape index (κ2) is 10.4. The van der Waals surface area contributed by atoms with Gasteiger partial charge in [0, 0.05) is 5.69 Å². The van der Waals surface area contributed by atoms with Gasteiger partial charge in [-0.25, -0.2) is 0 Å². The van der Waals surface area contributed by atoms with E-state index < -0.39 is 0 Å². The van der Waals surface area contributed by atoms with Crippen LogP contribution in [0, 0.1) is 5.41 Å². The van der Waals surface area contributed by atoms with Crippen LogP contribution in [0.2, 0.25) is 0 Å². The van der Waals surface area contributed by atoms with E-state index in [0.717, 1.165) is 33.9 Å². The third-order valence-electron chi connectivity index (χ3n) is 4.11. The minimum Gasteiger partial charge on any atom is -0.497 e. The van der Waals surface area contributed by atoms with Crippen LogP contribution in [0.1, 0.15) is 31.9 Å². The summed E-state index contributed by atoms with van der Waals surface area (Å²) in [6.45, 7) is 11.4. The highest BCUT2D eigenvalue weighted by Crippen LogP contribution is 2.24. The van der Waals surface area contributed by atoms with Crippen molar-refractivity contribution >= 4 is 11.3 Å². The number of benzene rings is 3. The Labute approximate surface area is 174 Å². The van der Waals surface area contributed by atoms with E-state index in [4.69, 9.17) is 15.2 Å². The molecule has 0 aliphatic heterocycles. The molecule has 3 aromatic carbocycles. The number of hydrogen-bond acceptors (Lipinski definition) is 3. The summed E-state index contributed by atoms with van der Waals surface area (Å²) < 4.78 is 10.7. The van der Waals surface area contributed by atoms with Crippen LogP contribution in [0.3, 0.4) is 0 Å². The normalized spacial score (nSPS) is 10.5. The fourth-order valence-electron chi connectivity index (χ4n) is 2.46. The molecule has 0 heterocycles. The molecule has 0 unspecified atom stereocenters. The summed E-state index contributed by atoms with van der Waals surface area (Å²) in [5.74, 6) is 1.74. The summed E-state index contributed by atoms with van der Waals surface area (Å²) in [7, 11) is 1.63. The lowest BCUT2D eigenvalue weighted by Gasteiger charge is -2.19. The highest BCUT2D eigenvalue weighted by molar-refractivity contribution is 5.78. The molecule has 0 spiro atoms. The van der Waals surface area contributed by atoms with Gasteiger partial charge in [0.1, 0.15) is 11.5 Å². The molecule has 3 aromatic rings. The number of nitrogen functional groups attached to an aromatic ring is 1. The lowest BCUT2D eigenvalue weighted by atomic mass is 9.98. The van der Waals surface area contributed by atoms with E-state index in [-0.39, 0.29) is 5.41 Å². The van der Waals surface area contributed by atoms with Crippen LogP contribution < -0.4 is 15.2 Å². The molecular weight excluding hydrogens is 358 g/mol. The first-order chi connectivity index (χ1) is 13.8. The molecule has 0 amide bonds. The van der Waals surface area contributed by atoms with E-state index in [1.54, 1.807) is 19.2 Å². The van der Waals surface area contributed by atoms with E-state index in [9.17, 15) is 0 Å². The maximum atomic E-state index is 5.78. The van der Waals surface area contributed by atoms with Crippen molar-refractivity contribution in [3.63, 3.8) is 0 Å². The fourth-order valence-corrected chi connectivity index (χ4v) is 2.46. The molecule has 2 N–H and O–H groups in total. The Morgan fingerprint density at radius 1 is 0.793 bits per heavy atom. The van der Waals surface area contributed by atoms with Crippen LogP contribution in [0.15, 0.2) is 85.4 Å². The molecule has 0 atom stereocenters. The standard InChI is InChI=1S/C19H22O.C7H9NO/c1-15(16-8-6-5-7-9-16)17-10-12-18(13-11-17)20-14-19(2,3)4;1-9-7-4-2-6(8)3-5-7/h5-13H,1,14H2,2-4H3;2-5H,8H2,1H3. The predicted molar refractivity (Wildman–Crippen MR) is 123 cm³/mol. The van der Waals surface area contributed by atoms with Crippen molar-refractivity contribution < 1.29 is 9.47 Å². The van der Waals surface area contributed by atoms with E-state index in [1.165, 1.54) is 0 Å². The lowest BCUT2D eigenvalue weighted by Crippen LogP contribution is -2.16. The van der Waals surface area contributed by atoms with Gasteiger partial charge in [-0.3, -0.25) is 0 Å². The Morgan fingerprint density at radius 3 is 1.83 bits per heavy atom. The van der Waals surface area contributed by atoms with Crippen molar-refractivity contribution in [1.82, 2.24) is 0 Å². The molecule has 0 saturated carbocycles. The molecule has 3 nitrogen and oxygen atoms in total. The highest BCUT2D eigenvalue weighted by atomic mass is 16.5. The van der Waals surface area contributed by atoms with Crippen LogP contribution in [-0.4, -0.2) is 13.7 Å². The average molecular weight is 390 g/mol. The summed E-state index contributed by atoms with van der Waals surface area (Å²) >= 11 is 0. The quantitative estimate of drug-likeness (QED) is 0.510. The summed E-state index contributed by atoms with van der Waals surface area (Å²) in [6.07, 6.45) is 0. The van der Waals surface area contributed by atoms with E-state index in [1.807, 2.05) is 42.5 Å². The van der Waals surface area contributed by atoms with Gasteiger partial charge in [-0.1, -0.05) is 69.8 Å². The first-order valence-corrected chi connectivity index (χ1v) is 9.65. The Balaban J connectivity index is 0.000000278. The van der Waals surface area contributed by atoms with Crippen molar-refractivity contribution in [3.05, 3.63) is 96.6 Å². The van der Waals surface area contributed by atoms with Crippen molar-refractivity contribution in [3.8, 4) is 11.5 Å². The fraction of sp³-hybridized carbons (Fsp3) is 0.231. The molecule has 29 heavy (non-hydrogen) atoms. The van der Waals surface area contributed by atoms with Gasteiger partial charge in [-0.2, -0.15) is 0 Å². The number of rotatable bonds is 5. The van der Waals surface area contributed by atoms with Gasteiger partial charge in [0.15, 0.2) is 0 Å². The van der Waals surface area contributed by atoms with Gasteiger partial charge in [-0.15, -0.1) is 0 Å². The van der Waals surface area contributed by atoms with Crippen LogP contribution in [0.25, 0.3) is 5.57 Å². The summed E-state index contributed by atoms with van der Waals surface area (Å²) in [4.78, 5) is 0. The number of hydrogen-bond donors (Lipinski definition) is 1. The van der Waals surface area contributed by atoms with Crippen molar-refractivity contribution in [2.75, 3.05) is 19.5 Å². The molecule has 0 saturated heterocycles. The topological polar surface area (TPSA) is 44.5 Å². The molecule has 3 heteroatoms. The number of methoxy groups -OCH3 is 1. The average Bonchev–Trinajstić information content (AvgIpc) is 2.73. The largest absolute Gasteiger partial charge is 0.497 e. The monoisotopic (exact) mass is 389 g/mol. The van der Waals surface area contributed by atoms with E-state index >= 15 is 0 Å². The second-order valence-corrected chi connectivity index (χ2v) is 7.99. The number of ether oxygens (including phenoxy) is 2. The zero-order valence-corrected chi connectivity index (χ0v) is 17.8. The molecule has 0 aliphatic carbocycles. The lowest BCUT2D eigenvalue weighted by molar-refractivity contribution is 0.198. The minimum atomic E-state index is 0.173. The predicted octanol–water partition coefficient (Wildman–Crippen LogP) is 6.45. The van der Waals surface area contributed by atoms with E-state index in [2.05, 4.69) is 51.6 Å². The highest BCUT2D eigenvalue weighted by Gasteiger charge is 2.11. The van der Waals surface area contributed by atoms with Crippen LogP contribution in [-0.2, 0) is 0 Å². The van der Waals surface area contributed by atoms with Crippen molar-refractivity contribution in [2.45, 2.75) is 20.8 Å². The smallest absolute Gasteiger partial charge is 0.119 e.